The number of nitrogens with zero attached hydrogens (tertiary/aromatic N) is 1. The Morgan fingerprint density at radius 3 is 2.70 bits per heavy atom. The minimum Gasteiger partial charge on any atom is -0.481 e. The van der Waals surface area contributed by atoms with Gasteiger partial charge in [-0.05, 0) is 23.8 Å². The molecule has 0 heterocycles. The first-order valence-electron chi connectivity index (χ1n) is 6.63. The Kier molecular flexibility index (Phi) is 6.40. The van der Waals surface area contributed by atoms with Gasteiger partial charge in [-0.1, -0.05) is 26.8 Å². The summed E-state index contributed by atoms with van der Waals surface area (Å²) in [5.41, 5.74) is 1.30. The standard InChI is InChI=1S/C15H20N2O2S/c1-4-20-14-7-5-6-13(11(14)8-16)17-9-12(10(2)3)15(18)19/h5-7,10,12,17H,4,9H2,1-3H3,(H,18,19). The van der Waals surface area contributed by atoms with Gasteiger partial charge in [-0.15, -0.1) is 11.8 Å². The fourth-order valence-corrected chi connectivity index (χ4v) is 2.68. The van der Waals surface area contributed by atoms with Gasteiger partial charge in [0.25, 0.3) is 0 Å². The molecule has 1 aromatic carbocycles. The van der Waals surface area contributed by atoms with Crippen LogP contribution >= 0.6 is 11.8 Å². The molecule has 0 aliphatic carbocycles. The van der Waals surface area contributed by atoms with Crippen molar-refractivity contribution < 1.29 is 9.90 Å². The van der Waals surface area contributed by atoms with E-state index in [9.17, 15) is 15.2 Å². The van der Waals surface area contributed by atoms with Crippen molar-refractivity contribution in [1.29, 1.82) is 5.26 Å². The highest BCUT2D eigenvalue weighted by Gasteiger charge is 2.21. The number of nitriles is 1. The molecule has 0 saturated heterocycles. The summed E-state index contributed by atoms with van der Waals surface area (Å²) in [7, 11) is 0. The maximum absolute atomic E-state index is 11.2. The third kappa shape index (κ3) is 4.17. The van der Waals surface area contributed by atoms with Crippen molar-refractivity contribution in [2.45, 2.75) is 25.7 Å². The second kappa shape index (κ2) is 7.81. The fourth-order valence-electron chi connectivity index (χ4n) is 1.90. The molecule has 108 valence electrons. The average molecular weight is 292 g/mol. The zero-order valence-electron chi connectivity index (χ0n) is 12.0. The second-order valence-corrected chi connectivity index (χ2v) is 6.10. The highest BCUT2D eigenvalue weighted by atomic mass is 32.2. The molecule has 1 aromatic rings. The molecule has 2 N–H and O–H groups in total. The van der Waals surface area contributed by atoms with E-state index in [1.54, 1.807) is 11.8 Å². The number of hydrogen-bond donors (Lipinski definition) is 2. The molecule has 0 spiro atoms. The highest BCUT2D eigenvalue weighted by molar-refractivity contribution is 7.99. The molecule has 1 unspecified atom stereocenters. The zero-order chi connectivity index (χ0) is 15.1. The normalized spacial score (nSPS) is 11.9. The summed E-state index contributed by atoms with van der Waals surface area (Å²) in [4.78, 5) is 12.1. The molecule has 0 fully saturated rings. The SMILES string of the molecule is CCSc1cccc(NCC(C(=O)O)C(C)C)c1C#N. The summed E-state index contributed by atoms with van der Waals surface area (Å²) < 4.78 is 0. The van der Waals surface area contributed by atoms with Gasteiger partial charge in [0.05, 0.1) is 17.2 Å². The summed E-state index contributed by atoms with van der Waals surface area (Å²) in [5.74, 6) is -0.352. The van der Waals surface area contributed by atoms with Crippen molar-refractivity contribution >= 4 is 23.4 Å². The fraction of sp³-hybridized carbons (Fsp3) is 0.467. The third-order valence-electron chi connectivity index (χ3n) is 3.07. The minimum absolute atomic E-state index is 0.0405. The Hall–Kier alpha value is -1.67. The molecule has 0 aliphatic heterocycles. The van der Waals surface area contributed by atoms with Gasteiger partial charge >= 0.3 is 5.97 Å². The number of hydrogen-bond acceptors (Lipinski definition) is 4. The smallest absolute Gasteiger partial charge is 0.308 e. The number of carboxylic acid groups (broad SMARTS) is 1. The Bertz CT molecular complexity index is 509. The van der Waals surface area contributed by atoms with Gasteiger partial charge in [-0.3, -0.25) is 4.79 Å². The summed E-state index contributed by atoms with van der Waals surface area (Å²) >= 11 is 1.61. The minimum atomic E-state index is -0.815. The van der Waals surface area contributed by atoms with Crippen molar-refractivity contribution in [1.82, 2.24) is 0 Å². The first-order valence-corrected chi connectivity index (χ1v) is 7.62. The van der Waals surface area contributed by atoms with E-state index in [0.29, 0.717) is 17.8 Å². The topological polar surface area (TPSA) is 73.1 Å². The van der Waals surface area contributed by atoms with Crippen LogP contribution in [0.3, 0.4) is 0 Å². The van der Waals surface area contributed by atoms with E-state index < -0.39 is 11.9 Å². The molecule has 4 nitrogen and oxygen atoms in total. The molecule has 0 aromatic heterocycles. The predicted molar refractivity (Wildman–Crippen MR) is 82.0 cm³/mol. The molecule has 5 heteroatoms. The van der Waals surface area contributed by atoms with Gasteiger partial charge in [0.2, 0.25) is 0 Å². The molecule has 0 amide bonds. The number of rotatable bonds is 7. The predicted octanol–water partition coefficient (Wildman–Crippen LogP) is 3.44. The largest absolute Gasteiger partial charge is 0.481 e. The number of benzene rings is 1. The van der Waals surface area contributed by atoms with Crippen LogP contribution in [-0.4, -0.2) is 23.4 Å². The van der Waals surface area contributed by atoms with E-state index in [0.717, 1.165) is 10.6 Å². The molecule has 0 aliphatic rings. The first-order chi connectivity index (χ1) is 9.51. The molecular weight excluding hydrogens is 272 g/mol. The number of carboxylic acids is 1. The summed E-state index contributed by atoms with van der Waals surface area (Å²) in [5, 5.41) is 21.6. The Balaban J connectivity index is 2.90. The Labute approximate surface area is 124 Å². The van der Waals surface area contributed by atoms with Crippen molar-refractivity contribution in [2.24, 2.45) is 11.8 Å². The van der Waals surface area contributed by atoms with Crippen LogP contribution in [0.15, 0.2) is 23.1 Å². The summed E-state index contributed by atoms with van der Waals surface area (Å²) in [6.07, 6.45) is 0. The first kappa shape index (κ1) is 16.4. The lowest BCUT2D eigenvalue weighted by Gasteiger charge is -2.18. The van der Waals surface area contributed by atoms with Gasteiger partial charge < -0.3 is 10.4 Å². The highest BCUT2D eigenvalue weighted by Crippen LogP contribution is 2.28. The van der Waals surface area contributed by atoms with Crippen LogP contribution in [0.25, 0.3) is 0 Å². The van der Waals surface area contributed by atoms with Gasteiger partial charge in [-0.2, -0.15) is 5.26 Å². The van der Waals surface area contributed by atoms with E-state index in [1.165, 1.54) is 0 Å². The van der Waals surface area contributed by atoms with Gasteiger partial charge in [0.1, 0.15) is 6.07 Å². The van der Waals surface area contributed by atoms with Crippen molar-refractivity contribution in [2.75, 3.05) is 17.6 Å². The van der Waals surface area contributed by atoms with Gasteiger partial charge in [0, 0.05) is 11.4 Å². The van der Waals surface area contributed by atoms with Crippen LogP contribution in [0.4, 0.5) is 5.69 Å². The van der Waals surface area contributed by atoms with E-state index in [2.05, 4.69) is 11.4 Å². The lowest BCUT2D eigenvalue weighted by Crippen LogP contribution is -2.27. The molecule has 1 rings (SSSR count). The number of carbonyl (C=O) groups is 1. The Morgan fingerprint density at radius 2 is 2.20 bits per heavy atom. The molecule has 0 saturated carbocycles. The second-order valence-electron chi connectivity index (χ2n) is 4.79. The van der Waals surface area contributed by atoms with Crippen LogP contribution in [-0.2, 0) is 4.79 Å². The van der Waals surface area contributed by atoms with E-state index in [1.807, 2.05) is 39.0 Å². The van der Waals surface area contributed by atoms with Crippen molar-refractivity contribution in [3.63, 3.8) is 0 Å². The molecule has 0 bridgehead atoms. The Morgan fingerprint density at radius 1 is 1.50 bits per heavy atom. The van der Waals surface area contributed by atoms with E-state index >= 15 is 0 Å². The van der Waals surface area contributed by atoms with Crippen LogP contribution in [0, 0.1) is 23.2 Å². The summed E-state index contributed by atoms with van der Waals surface area (Å²) in [6, 6.07) is 7.81. The molecule has 20 heavy (non-hydrogen) atoms. The summed E-state index contributed by atoms with van der Waals surface area (Å²) in [6.45, 7) is 6.12. The molecule has 0 radical (unpaired) electrons. The monoisotopic (exact) mass is 292 g/mol. The maximum atomic E-state index is 11.2. The number of anilines is 1. The number of aliphatic carboxylic acids is 1. The van der Waals surface area contributed by atoms with Gasteiger partial charge in [0.15, 0.2) is 0 Å². The number of nitrogens with one attached hydrogen (secondary N) is 1. The van der Waals surface area contributed by atoms with Crippen LogP contribution in [0.2, 0.25) is 0 Å². The van der Waals surface area contributed by atoms with E-state index in [-0.39, 0.29) is 5.92 Å². The molecule has 1 atom stereocenters. The quantitative estimate of drug-likeness (QED) is 0.753. The van der Waals surface area contributed by atoms with Crippen molar-refractivity contribution in [3.05, 3.63) is 23.8 Å². The van der Waals surface area contributed by atoms with E-state index in [4.69, 9.17) is 0 Å². The maximum Gasteiger partial charge on any atom is 0.308 e. The van der Waals surface area contributed by atoms with Crippen LogP contribution in [0.5, 0.6) is 0 Å². The third-order valence-corrected chi connectivity index (χ3v) is 4.01. The molecular formula is C15H20N2O2S. The lowest BCUT2D eigenvalue weighted by atomic mass is 9.96. The van der Waals surface area contributed by atoms with Crippen LogP contribution < -0.4 is 5.32 Å². The van der Waals surface area contributed by atoms with Crippen molar-refractivity contribution in [3.8, 4) is 6.07 Å². The number of thioether (sulfide) groups is 1. The zero-order valence-corrected chi connectivity index (χ0v) is 12.8. The lowest BCUT2D eigenvalue weighted by molar-refractivity contribution is -0.142. The average Bonchev–Trinajstić information content (AvgIpc) is 2.38. The van der Waals surface area contributed by atoms with Gasteiger partial charge in [-0.25, -0.2) is 0 Å². The van der Waals surface area contributed by atoms with Crippen LogP contribution in [0.1, 0.15) is 26.3 Å².